The summed E-state index contributed by atoms with van der Waals surface area (Å²) in [5, 5.41) is 5.25. The topological polar surface area (TPSA) is 60.5 Å². The van der Waals surface area contributed by atoms with E-state index in [0.29, 0.717) is 29.6 Å². The number of carbonyl (C=O) groups excluding carboxylic acids is 1. The highest BCUT2D eigenvalue weighted by atomic mass is 32.1. The van der Waals surface area contributed by atoms with Gasteiger partial charge in [0, 0.05) is 17.0 Å². The largest absolute Gasteiger partial charge is 0.493 e. The number of methoxy groups -OCH3 is 1. The zero-order valence-corrected chi connectivity index (χ0v) is 17.8. The number of fused-ring (bicyclic) bond motifs is 2. The Bertz CT molecular complexity index is 865. The van der Waals surface area contributed by atoms with E-state index in [1.807, 2.05) is 5.38 Å². The lowest BCUT2D eigenvalue weighted by Crippen LogP contribution is -2.46. The summed E-state index contributed by atoms with van der Waals surface area (Å²) in [7, 11) is 1.59. The molecule has 1 N–H and O–H groups in total. The molecule has 1 aromatic heterocycles. The fourth-order valence-corrected chi connectivity index (χ4v) is 5.60. The molecule has 2 fully saturated rings. The first kappa shape index (κ1) is 19.2. The summed E-state index contributed by atoms with van der Waals surface area (Å²) >= 11 is 1.54. The van der Waals surface area contributed by atoms with Crippen LogP contribution < -0.4 is 14.8 Å². The van der Waals surface area contributed by atoms with E-state index >= 15 is 0 Å². The van der Waals surface area contributed by atoms with Crippen LogP contribution >= 0.6 is 11.3 Å². The van der Waals surface area contributed by atoms with Crippen LogP contribution in [-0.4, -0.2) is 24.0 Å². The number of thiazole rings is 1. The van der Waals surface area contributed by atoms with Gasteiger partial charge in [-0.2, -0.15) is 0 Å². The van der Waals surface area contributed by atoms with Crippen molar-refractivity contribution in [2.75, 3.05) is 7.11 Å². The van der Waals surface area contributed by atoms with Crippen molar-refractivity contribution >= 4 is 17.2 Å². The van der Waals surface area contributed by atoms with Crippen LogP contribution in [0.5, 0.6) is 11.5 Å². The molecule has 5 nitrogen and oxygen atoms in total. The maximum atomic E-state index is 12.9. The predicted molar refractivity (Wildman–Crippen MR) is 110 cm³/mol. The minimum Gasteiger partial charge on any atom is -0.493 e. The Morgan fingerprint density at radius 2 is 2.14 bits per heavy atom. The number of ether oxygens (including phenoxy) is 2. The lowest BCUT2D eigenvalue weighted by molar-refractivity contribution is 0.0825. The van der Waals surface area contributed by atoms with Gasteiger partial charge in [-0.15, -0.1) is 11.3 Å². The molecule has 1 aromatic carbocycles. The highest BCUT2D eigenvalue weighted by molar-refractivity contribution is 7.07. The summed E-state index contributed by atoms with van der Waals surface area (Å²) in [6.45, 7) is 7.42. The summed E-state index contributed by atoms with van der Waals surface area (Å²) < 4.78 is 11.3. The van der Waals surface area contributed by atoms with Gasteiger partial charge in [0.15, 0.2) is 11.5 Å². The highest BCUT2D eigenvalue weighted by Crippen LogP contribution is 2.65. The molecule has 2 aliphatic carbocycles. The van der Waals surface area contributed by atoms with E-state index in [-0.39, 0.29) is 22.8 Å². The molecular weight excluding hydrogens is 372 g/mol. The minimum atomic E-state index is -0.0427. The molecule has 3 atom stereocenters. The van der Waals surface area contributed by atoms with E-state index in [0.717, 1.165) is 12.1 Å². The van der Waals surface area contributed by atoms with E-state index in [1.165, 1.54) is 24.2 Å². The van der Waals surface area contributed by atoms with Crippen molar-refractivity contribution in [3.05, 3.63) is 40.3 Å². The van der Waals surface area contributed by atoms with Crippen LogP contribution in [0.1, 0.15) is 56.1 Å². The second kappa shape index (κ2) is 7.07. The van der Waals surface area contributed by atoms with Crippen molar-refractivity contribution in [1.82, 2.24) is 10.3 Å². The second-order valence-corrected chi connectivity index (χ2v) is 9.49. The van der Waals surface area contributed by atoms with Crippen LogP contribution in [0.4, 0.5) is 0 Å². The van der Waals surface area contributed by atoms with Gasteiger partial charge in [0.1, 0.15) is 6.61 Å². The first-order valence-corrected chi connectivity index (χ1v) is 10.8. The molecule has 0 radical (unpaired) electrons. The number of hydrogen-bond donors (Lipinski definition) is 1. The number of nitrogens with one attached hydrogen (secondary N) is 1. The van der Waals surface area contributed by atoms with Crippen LogP contribution in [-0.2, 0) is 6.61 Å². The fraction of sp³-hybridized carbons (Fsp3) is 0.545. The number of amides is 1. The smallest absolute Gasteiger partial charge is 0.251 e. The molecule has 0 saturated heterocycles. The van der Waals surface area contributed by atoms with Gasteiger partial charge in [0.05, 0.1) is 18.3 Å². The lowest BCUT2D eigenvalue weighted by atomic mass is 9.69. The second-order valence-electron chi connectivity index (χ2n) is 8.77. The molecule has 3 unspecified atom stereocenters. The number of nitrogens with zero attached hydrogens (tertiary/aromatic N) is 1. The van der Waals surface area contributed by atoms with Crippen LogP contribution in [0.25, 0.3) is 0 Å². The van der Waals surface area contributed by atoms with E-state index in [1.54, 1.807) is 30.8 Å². The standard InChI is InChI=1S/C22H28N2O3S/c1-21(2)15-7-8-22(21,3)19(10-15)24-20(25)14-5-6-17(18(9-14)26-4)27-11-16-12-28-13-23-16/h5-6,9,12-13,15,19H,7-8,10-11H2,1-4H3,(H,24,25). The van der Waals surface area contributed by atoms with Crippen molar-refractivity contribution in [2.24, 2.45) is 16.7 Å². The number of carbonyl (C=O) groups is 1. The third kappa shape index (κ3) is 3.08. The monoisotopic (exact) mass is 400 g/mol. The van der Waals surface area contributed by atoms with Crippen molar-refractivity contribution in [2.45, 2.75) is 52.7 Å². The fourth-order valence-electron chi connectivity index (χ4n) is 5.05. The molecule has 4 rings (SSSR count). The molecule has 28 heavy (non-hydrogen) atoms. The van der Waals surface area contributed by atoms with E-state index in [9.17, 15) is 4.79 Å². The highest BCUT2D eigenvalue weighted by Gasteiger charge is 2.61. The number of benzene rings is 1. The van der Waals surface area contributed by atoms with Gasteiger partial charge >= 0.3 is 0 Å². The van der Waals surface area contributed by atoms with E-state index in [2.05, 4.69) is 31.1 Å². The summed E-state index contributed by atoms with van der Waals surface area (Å²) in [4.78, 5) is 17.2. The molecule has 2 saturated carbocycles. The van der Waals surface area contributed by atoms with Crippen LogP contribution in [0.2, 0.25) is 0 Å². The third-order valence-electron chi connectivity index (χ3n) is 7.38. The zero-order valence-electron chi connectivity index (χ0n) is 17.0. The molecule has 6 heteroatoms. The van der Waals surface area contributed by atoms with Crippen LogP contribution in [0.15, 0.2) is 29.1 Å². The Labute approximate surface area is 170 Å². The van der Waals surface area contributed by atoms with Gasteiger partial charge in [-0.25, -0.2) is 4.98 Å². The van der Waals surface area contributed by atoms with Crippen molar-refractivity contribution < 1.29 is 14.3 Å². The summed E-state index contributed by atoms with van der Waals surface area (Å²) in [6, 6.07) is 5.58. The number of aromatic nitrogens is 1. The first-order chi connectivity index (χ1) is 13.3. The summed E-state index contributed by atoms with van der Waals surface area (Å²) in [5.41, 5.74) is 3.69. The first-order valence-electron chi connectivity index (χ1n) is 9.84. The van der Waals surface area contributed by atoms with Crippen molar-refractivity contribution in [3.8, 4) is 11.5 Å². The Morgan fingerprint density at radius 3 is 2.75 bits per heavy atom. The van der Waals surface area contributed by atoms with Gasteiger partial charge in [0.25, 0.3) is 5.91 Å². The van der Waals surface area contributed by atoms with Gasteiger partial charge in [-0.05, 0) is 54.2 Å². The van der Waals surface area contributed by atoms with Gasteiger partial charge in [-0.1, -0.05) is 20.8 Å². The Hall–Kier alpha value is -2.08. The predicted octanol–water partition coefficient (Wildman–Crippen LogP) is 4.68. The molecule has 0 spiro atoms. The normalized spacial score (nSPS) is 27.6. The Morgan fingerprint density at radius 1 is 1.32 bits per heavy atom. The van der Waals surface area contributed by atoms with E-state index in [4.69, 9.17) is 9.47 Å². The molecule has 1 amide bonds. The van der Waals surface area contributed by atoms with Gasteiger partial charge in [0.2, 0.25) is 0 Å². The SMILES string of the molecule is COc1cc(C(=O)NC2CC3CCC2(C)C3(C)C)ccc1OCc1cscn1. The van der Waals surface area contributed by atoms with Gasteiger partial charge < -0.3 is 14.8 Å². The van der Waals surface area contributed by atoms with Crippen molar-refractivity contribution in [1.29, 1.82) is 0 Å². The number of hydrogen-bond acceptors (Lipinski definition) is 5. The molecule has 0 aliphatic heterocycles. The zero-order chi connectivity index (χ0) is 19.9. The van der Waals surface area contributed by atoms with E-state index < -0.39 is 0 Å². The molecule has 2 aromatic rings. The average molecular weight is 401 g/mol. The molecule has 2 aliphatic rings. The molecule has 2 bridgehead atoms. The maximum absolute atomic E-state index is 12.9. The van der Waals surface area contributed by atoms with Gasteiger partial charge in [-0.3, -0.25) is 4.79 Å². The maximum Gasteiger partial charge on any atom is 0.251 e. The molecular formula is C22H28N2O3S. The number of rotatable bonds is 6. The summed E-state index contributed by atoms with van der Waals surface area (Å²) in [5.74, 6) is 1.82. The quantitative estimate of drug-likeness (QED) is 0.765. The van der Waals surface area contributed by atoms with Crippen LogP contribution in [0, 0.1) is 16.7 Å². The molecule has 150 valence electrons. The third-order valence-corrected chi connectivity index (χ3v) is 8.02. The Kier molecular flexibility index (Phi) is 4.86. The lowest BCUT2D eigenvalue weighted by Gasteiger charge is -2.39. The average Bonchev–Trinajstić information content (AvgIpc) is 3.32. The van der Waals surface area contributed by atoms with Crippen LogP contribution in [0.3, 0.4) is 0 Å². The minimum absolute atomic E-state index is 0.0427. The summed E-state index contributed by atoms with van der Waals surface area (Å²) in [6.07, 6.45) is 3.53. The Balaban J connectivity index is 1.46. The molecule has 1 heterocycles. The van der Waals surface area contributed by atoms with Crippen molar-refractivity contribution in [3.63, 3.8) is 0 Å².